The number of rotatable bonds is 6. The molecule has 1 heterocycles. The fraction of sp³-hybridized carbons (Fsp3) is 0.389. The Bertz CT molecular complexity index is 701. The van der Waals surface area contributed by atoms with E-state index in [0.29, 0.717) is 0 Å². The van der Waals surface area contributed by atoms with Crippen molar-refractivity contribution in [2.75, 3.05) is 6.61 Å². The highest BCUT2D eigenvalue weighted by molar-refractivity contribution is 6.01. The topological polar surface area (TPSA) is 78.9 Å². The van der Waals surface area contributed by atoms with Gasteiger partial charge in [-0.05, 0) is 12.2 Å². The Labute approximate surface area is 148 Å². The predicted octanol–water partition coefficient (Wildman–Crippen LogP) is 2.32. The molecule has 0 saturated heterocycles. The zero-order chi connectivity index (χ0) is 19.3. The van der Waals surface area contributed by atoms with Crippen LogP contribution in [0.5, 0.6) is 0 Å². The molecule has 0 aromatic heterocycles. The van der Waals surface area contributed by atoms with Gasteiger partial charge in [-0.1, -0.05) is 30.3 Å². The molecule has 8 heteroatoms. The van der Waals surface area contributed by atoms with Crippen molar-refractivity contribution in [2.24, 2.45) is 0 Å². The van der Waals surface area contributed by atoms with Crippen molar-refractivity contribution in [2.45, 2.75) is 38.1 Å². The van der Waals surface area contributed by atoms with Gasteiger partial charge in [-0.15, -0.1) is 0 Å². The Kier molecular flexibility index (Phi) is 6.20. The average molecular weight is 368 g/mol. The molecule has 140 valence electrons. The van der Waals surface area contributed by atoms with Crippen molar-refractivity contribution in [1.29, 1.82) is 0 Å². The number of ether oxygens (including phenoxy) is 3. The van der Waals surface area contributed by atoms with Crippen molar-refractivity contribution in [3.63, 3.8) is 0 Å². The largest absolute Gasteiger partial charge is 0.463 e. The van der Waals surface area contributed by atoms with E-state index in [0.717, 1.165) is 19.9 Å². The van der Waals surface area contributed by atoms with E-state index in [9.17, 15) is 23.2 Å². The third kappa shape index (κ3) is 4.72. The van der Waals surface area contributed by atoms with Crippen LogP contribution < -0.4 is 0 Å². The summed E-state index contributed by atoms with van der Waals surface area (Å²) in [4.78, 5) is 34.3. The quantitative estimate of drug-likeness (QED) is 0.436. The van der Waals surface area contributed by atoms with Gasteiger partial charge in [-0.2, -0.15) is 8.78 Å². The Balaban J connectivity index is 2.21. The van der Waals surface area contributed by atoms with Gasteiger partial charge in [0.05, 0.1) is 0 Å². The third-order valence-electron chi connectivity index (χ3n) is 3.61. The Morgan fingerprint density at radius 3 is 2.31 bits per heavy atom. The lowest BCUT2D eigenvalue weighted by molar-refractivity contribution is -0.178. The van der Waals surface area contributed by atoms with Crippen LogP contribution >= 0.6 is 0 Å². The van der Waals surface area contributed by atoms with Crippen molar-refractivity contribution < 1.29 is 37.4 Å². The lowest BCUT2D eigenvalue weighted by Crippen LogP contribution is -2.50. The molecule has 0 amide bonds. The van der Waals surface area contributed by atoms with Crippen LogP contribution in [0.25, 0.3) is 0 Å². The van der Waals surface area contributed by atoms with Crippen molar-refractivity contribution >= 4 is 17.7 Å². The summed E-state index contributed by atoms with van der Waals surface area (Å²) in [5.41, 5.74) is -0.159. The first-order valence-corrected chi connectivity index (χ1v) is 7.84. The van der Waals surface area contributed by atoms with Crippen LogP contribution in [0.2, 0.25) is 0 Å². The molecule has 0 saturated carbocycles. The molecule has 0 N–H and O–H groups in total. The molecule has 3 atom stereocenters. The average Bonchev–Trinajstić information content (AvgIpc) is 2.60. The molecular formula is C18H18F2O6. The van der Waals surface area contributed by atoms with Gasteiger partial charge < -0.3 is 14.2 Å². The van der Waals surface area contributed by atoms with Crippen LogP contribution in [-0.2, 0) is 23.8 Å². The molecule has 1 aliphatic heterocycles. The third-order valence-corrected chi connectivity index (χ3v) is 3.61. The monoisotopic (exact) mass is 368 g/mol. The fourth-order valence-electron chi connectivity index (χ4n) is 2.40. The van der Waals surface area contributed by atoms with Gasteiger partial charge in [0.1, 0.15) is 24.9 Å². The van der Waals surface area contributed by atoms with E-state index in [1.54, 1.807) is 6.07 Å². The summed E-state index contributed by atoms with van der Waals surface area (Å²) in [5, 5.41) is 0. The first-order valence-electron chi connectivity index (χ1n) is 7.84. The van der Waals surface area contributed by atoms with Crippen LogP contribution in [0.3, 0.4) is 0 Å². The summed E-state index contributed by atoms with van der Waals surface area (Å²) < 4.78 is 44.2. The second kappa shape index (κ2) is 8.18. The van der Waals surface area contributed by atoms with E-state index in [2.05, 4.69) is 0 Å². The van der Waals surface area contributed by atoms with Gasteiger partial charge in [0.2, 0.25) is 5.78 Å². The summed E-state index contributed by atoms with van der Waals surface area (Å²) in [6.45, 7) is 1.89. The molecule has 6 nitrogen and oxygen atoms in total. The van der Waals surface area contributed by atoms with Crippen LogP contribution in [0.15, 0.2) is 42.5 Å². The number of carbonyl (C=O) groups is 3. The van der Waals surface area contributed by atoms with Crippen molar-refractivity contribution in [3.8, 4) is 0 Å². The molecule has 0 fully saturated rings. The molecule has 0 spiro atoms. The number of halogens is 2. The fourth-order valence-corrected chi connectivity index (χ4v) is 2.40. The van der Waals surface area contributed by atoms with Gasteiger partial charge in [0.15, 0.2) is 0 Å². The van der Waals surface area contributed by atoms with Crippen LogP contribution in [0.1, 0.15) is 24.2 Å². The van der Waals surface area contributed by atoms with Gasteiger partial charge in [0, 0.05) is 19.4 Å². The highest BCUT2D eigenvalue weighted by atomic mass is 19.3. The van der Waals surface area contributed by atoms with Gasteiger partial charge >= 0.3 is 17.9 Å². The standard InChI is InChI=1S/C18H18F2O6/c1-11(21)24-10-15-14(25-12(2)22)8-9-16(26-15)18(19,20)17(23)13-6-4-3-5-7-13/h3-9,14-16H,10H2,1-2H3/t14-,15+,16-/m0/s1. The van der Waals surface area contributed by atoms with Crippen LogP contribution in [0, 0.1) is 0 Å². The summed E-state index contributed by atoms with van der Waals surface area (Å²) >= 11 is 0. The number of carbonyl (C=O) groups excluding carboxylic acids is 3. The molecule has 0 unspecified atom stereocenters. The highest BCUT2D eigenvalue weighted by Gasteiger charge is 2.50. The Hall–Kier alpha value is -2.61. The molecular weight excluding hydrogens is 350 g/mol. The van der Waals surface area contributed by atoms with E-state index < -0.39 is 48.6 Å². The Morgan fingerprint density at radius 1 is 1.08 bits per heavy atom. The second-order valence-electron chi connectivity index (χ2n) is 5.67. The van der Waals surface area contributed by atoms with E-state index in [-0.39, 0.29) is 5.56 Å². The van der Waals surface area contributed by atoms with Gasteiger partial charge in [-0.25, -0.2) is 0 Å². The van der Waals surface area contributed by atoms with Crippen LogP contribution in [0.4, 0.5) is 8.78 Å². The minimum atomic E-state index is -3.85. The number of Topliss-reactive ketones (excluding diaryl/α,β-unsaturated/α-hetero) is 1. The summed E-state index contributed by atoms with van der Waals surface area (Å²) in [6, 6.07) is 7.11. The second-order valence-corrected chi connectivity index (χ2v) is 5.67. The number of alkyl halides is 2. The molecule has 1 aromatic rings. The highest BCUT2D eigenvalue weighted by Crippen LogP contribution is 2.31. The molecule has 0 bridgehead atoms. The maximum Gasteiger partial charge on any atom is 0.338 e. The number of esters is 2. The SMILES string of the molecule is CC(=O)OC[C@H]1O[C@H](C(F)(F)C(=O)c2ccccc2)C=C[C@@H]1OC(C)=O. The van der Waals surface area contributed by atoms with Crippen molar-refractivity contribution in [1.82, 2.24) is 0 Å². The predicted molar refractivity (Wildman–Crippen MR) is 85.7 cm³/mol. The number of hydrogen-bond donors (Lipinski definition) is 0. The molecule has 0 aliphatic carbocycles. The molecule has 1 aliphatic rings. The van der Waals surface area contributed by atoms with E-state index in [1.165, 1.54) is 30.3 Å². The first kappa shape index (κ1) is 19.7. The van der Waals surface area contributed by atoms with Crippen molar-refractivity contribution in [3.05, 3.63) is 48.0 Å². The van der Waals surface area contributed by atoms with Gasteiger partial charge in [0.25, 0.3) is 0 Å². The number of benzene rings is 1. The maximum atomic E-state index is 14.6. The minimum absolute atomic E-state index is 0.159. The molecule has 2 rings (SSSR count). The number of hydrogen-bond acceptors (Lipinski definition) is 6. The Morgan fingerprint density at radius 2 is 1.73 bits per heavy atom. The first-order chi connectivity index (χ1) is 12.2. The van der Waals surface area contributed by atoms with E-state index in [4.69, 9.17) is 14.2 Å². The summed E-state index contributed by atoms with van der Waals surface area (Å²) in [7, 11) is 0. The molecule has 1 aromatic carbocycles. The molecule has 0 radical (unpaired) electrons. The summed E-state index contributed by atoms with van der Waals surface area (Å²) in [5.74, 6) is -6.55. The minimum Gasteiger partial charge on any atom is -0.463 e. The zero-order valence-corrected chi connectivity index (χ0v) is 14.2. The van der Waals surface area contributed by atoms with E-state index in [1.807, 2.05) is 0 Å². The summed E-state index contributed by atoms with van der Waals surface area (Å²) in [6.07, 6.45) is -1.88. The van der Waals surface area contributed by atoms with Gasteiger partial charge in [-0.3, -0.25) is 14.4 Å². The van der Waals surface area contributed by atoms with Crippen LogP contribution in [-0.4, -0.2) is 48.6 Å². The smallest absolute Gasteiger partial charge is 0.338 e. The van der Waals surface area contributed by atoms with E-state index >= 15 is 0 Å². The maximum absolute atomic E-state index is 14.6. The lowest BCUT2D eigenvalue weighted by Gasteiger charge is -2.34. The zero-order valence-electron chi connectivity index (χ0n) is 14.2. The number of ketones is 1. The molecule has 26 heavy (non-hydrogen) atoms. The lowest BCUT2D eigenvalue weighted by atomic mass is 9.98. The normalized spacial score (nSPS) is 22.5.